The second-order valence-electron chi connectivity index (χ2n) is 6.97. The highest BCUT2D eigenvalue weighted by Gasteiger charge is 2.36. The molecule has 27 heavy (non-hydrogen) atoms. The average Bonchev–Trinajstić information content (AvgIpc) is 3.31. The third-order valence-corrected chi connectivity index (χ3v) is 8.29. The van der Waals surface area contributed by atoms with Crippen molar-refractivity contribution in [2.24, 2.45) is 0 Å². The minimum atomic E-state index is -3.44. The molecule has 8 heteroatoms. The number of hydrogen-bond donors (Lipinski definition) is 1. The molecule has 2 aliphatic rings. The molecule has 144 valence electrons. The summed E-state index contributed by atoms with van der Waals surface area (Å²) in [7, 11) is -3.44. The molecule has 1 N–H and O–H groups in total. The highest BCUT2D eigenvalue weighted by molar-refractivity contribution is 7.91. The van der Waals surface area contributed by atoms with Gasteiger partial charge in [-0.2, -0.15) is 4.31 Å². The number of rotatable bonds is 6. The highest BCUT2D eigenvalue weighted by atomic mass is 32.2. The maximum absolute atomic E-state index is 12.9. The highest BCUT2D eigenvalue weighted by Crippen LogP contribution is 2.28. The van der Waals surface area contributed by atoms with E-state index in [1.807, 2.05) is 30.3 Å². The molecule has 1 aromatic heterocycles. The lowest BCUT2D eigenvalue weighted by atomic mass is 10.0. The van der Waals surface area contributed by atoms with Crippen molar-refractivity contribution in [3.8, 4) is 0 Å². The zero-order chi connectivity index (χ0) is 18.9. The number of amides is 1. The SMILES string of the molecule is O=C(NC1CC1)[C@@H](c1ccccc1)N1CCN(S(=O)(=O)c2cccs2)CC1. The first kappa shape index (κ1) is 18.6. The molecule has 1 atom stereocenters. The molecular weight excluding hydrogens is 382 g/mol. The van der Waals surface area contributed by atoms with Crippen LogP contribution in [-0.2, 0) is 14.8 Å². The van der Waals surface area contributed by atoms with Crippen molar-refractivity contribution in [2.75, 3.05) is 26.2 Å². The second kappa shape index (κ2) is 7.71. The van der Waals surface area contributed by atoms with Crippen LogP contribution in [0.3, 0.4) is 0 Å². The minimum absolute atomic E-state index is 0.0123. The van der Waals surface area contributed by atoms with Crippen LogP contribution in [0.15, 0.2) is 52.1 Å². The summed E-state index contributed by atoms with van der Waals surface area (Å²) < 4.78 is 27.3. The normalized spacial score (nSPS) is 20.3. The van der Waals surface area contributed by atoms with Gasteiger partial charge in [-0.25, -0.2) is 8.42 Å². The Morgan fingerprint density at radius 2 is 1.74 bits per heavy atom. The van der Waals surface area contributed by atoms with Gasteiger partial charge < -0.3 is 5.32 Å². The number of hydrogen-bond acceptors (Lipinski definition) is 5. The molecule has 2 fully saturated rings. The molecule has 0 bridgehead atoms. The van der Waals surface area contributed by atoms with E-state index >= 15 is 0 Å². The summed E-state index contributed by atoms with van der Waals surface area (Å²) in [5, 5.41) is 4.88. The molecule has 4 rings (SSSR count). The Kier molecular flexibility index (Phi) is 5.32. The van der Waals surface area contributed by atoms with E-state index in [4.69, 9.17) is 0 Å². The van der Waals surface area contributed by atoms with Crippen molar-refractivity contribution >= 4 is 27.3 Å². The van der Waals surface area contributed by atoms with Crippen LogP contribution in [0.25, 0.3) is 0 Å². The molecule has 1 aliphatic carbocycles. The summed E-state index contributed by atoms with van der Waals surface area (Å²) in [6.45, 7) is 1.84. The number of sulfonamides is 1. The fourth-order valence-electron chi connectivity index (χ4n) is 3.41. The summed E-state index contributed by atoms with van der Waals surface area (Å²) in [6.07, 6.45) is 2.08. The number of piperazine rings is 1. The van der Waals surface area contributed by atoms with Gasteiger partial charge in [0.15, 0.2) is 0 Å². The minimum Gasteiger partial charge on any atom is -0.352 e. The molecule has 1 aliphatic heterocycles. The van der Waals surface area contributed by atoms with Gasteiger partial charge in [0.2, 0.25) is 5.91 Å². The van der Waals surface area contributed by atoms with Gasteiger partial charge in [-0.05, 0) is 29.9 Å². The Morgan fingerprint density at radius 1 is 1.04 bits per heavy atom. The van der Waals surface area contributed by atoms with E-state index in [0.29, 0.717) is 36.4 Å². The number of nitrogens with zero attached hydrogens (tertiary/aromatic N) is 2. The van der Waals surface area contributed by atoms with Crippen molar-refractivity contribution < 1.29 is 13.2 Å². The van der Waals surface area contributed by atoms with E-state index in [-0.39, 0.29) is 11.9 Å². The first-order valence-electron chi connectivity index (χ1n) is 9.19. The number of carbonyl (C=O) groups excluding carboxylic acids is 1. The van der Waals surface area contributed by atoms with Crippen LogP contribution in [0.4, 0.5) is 0 Å². The van der Waals surface area contributed by atoms with Gasteiger partial charge in [-0.3, -0.25) is 9.69 Å². The van der Waals surface area contributed by atoms with E-state index in [9.17, 15) is 13.2 Å². The largest absolute Gasteiger partial charge is 0.352 e. The van der Waals surface area contributed by atoms with Crippen LogP contribution >= 0.6 is 11.3 Å². The third kappa shape index (κ3) is 4.08. The van der Waals surface area contributed by atoms with E-state index in [1.54, 1.807) is 17.5 Å². The second-order valence-corrected chi connectivity index (χ2v) is 10.1. The Bertz CT molecular complexity index is 872. The molecule has 1 saturated carbocycles. The number of thiophene rings is 1. The Labute approximate surface area is 163 Å². The van der Waals surface area contributed by atoms with Crippen molar-refractivity contribution in [3.05, 3.63) is 53.4 Å². The first-order valence-corrected chi connectivity index (χ1v) is 11.5. The first-order chi connectivity index (χ1) is 13.1. The molecule has 6 nitrogen and oxygen atoms in total. The lowest BCUT2D eigenvalue weighted by molar-refractivity contribution is -0.127. The maximum Gasteiger partial charge on any atom is 0.252 e. The quantitative estimate of drug-likeness (QED) is 0.799. The molecule has 1 aromatic carbocycles. The molecule has 2 heterocycles. The zero-order valence-corrected chi connectivity index (χ0v) is 16.6. The monoisotopic (exact) mass is 405 g/mol. The van der Waals surface area contributed by atoms with Gasteiger partial charge in [0.1, 0.15) is 10.3 Å². The van der Waals surface area contributed by atoms with Crippen molar-refractivity contribution in [3.63, 3.8) is 0 Å². The summed E-state index contributed by atoms with van der Waals surface area (Å²) in [5.74, 6) is 0.0123. The Balaban J connectivity index is 1.49. The molecule has 0 spiro atoms. The molecule has 2 aromatic rings. The van der Waals surface area contributed by atoms with Crippen LogP contribution in [-0.4, -0.2) is 55.8 Å². The number of carbonyl (C=O) groups is 1. The predicted octanol–water partition coefficient (Wildman–Crippen LogP) is 2.07. The molecule has 1 amide bonds. The van der Waals surface area contributed by atoms with Crippen LogP contribution in [0.1, 0.15) is 24.4 Å². The van der Waals surface area contributed by atoms with Crippen LogP contribution in [0.5, 0.6) is 0 Å². The summed E-state index contributed by atoms with van der Waals surface area (Å²) in [4.78, 5) is 15.0. The van der Waals surface area contributed by atoms with Crippen molar-refractivity contribution in [2.45, 2.75) is 29.1 Å². The summed E-state index contributed by atoms with van der Waals surface area (Å²) in [5.41, 5.74) is 0.949. The smallest absolute Gasteiger partial charge is 0.252 e. The fourth-order valence-corrected chi connectivity index (χ4v) is 5.98. The molecule has 0 unspecified atom stereocenters. The van der Waals surface area contributed by atoms with Gasteiger partial charge >= 0.3 is 0 Å². The van der Waals surface area contributed by atoms with Crippen LogP contribution in [0.2, 0.25) is 0 Å². The van der Waals surface area contributed by atoms with Gasteiger partial charge in [0.25, 0.3) is 10.0 Å². The van der Waals surface area contributed by atoms with E-state index in [2.05, 4.69) is 10.2 Å². The summed E-state index contributed by atoms with van der Waals surface area (Å²) >= 11 is 1.24. The lowest BCUT2D eigenvalue weighted by Crippen LogP contribution is -2.52. The Hall–Kier alpha value is -1.74. The lowest BCUT2D eigenvalue weighted by Gasteiger charge is -2.38. The van der Waals surface area contributed by atoms with Gasteiger partial charge in [0.05, 0.1) is 0 Å². The van der Waals surface area contributed by atoms with Crippen LogP contribution < -0.4 is 5.32 Å². The predicted molar refractivity (Wildman–Crippen MR) is 105 cm³/mol. The van der Waals surface area contributed by atoms with Crippen molar-refractivity contribution in [1.29, 1.82) is 0 Å². The number of nitrogens with one attached hydrogen (secondary N) is 1. The number of benzene rings is 1. The standard InChI is InChI=1S/C19H23N3O3S2/c23-19(20-16-8-9-16)18(15-5-2-1-3-6-15)21-10-12-22(13-11-21)27(24,25)17-7-4-14-26-17/h1-7,14,16,18H,8-13H2,(H,20,23)/t18-/m1/s1. The van der Waals surface area contributed by atoms with Gasteiger partial charge in [0, 0.05) is 32.2 Å². The maximum atomic E-state index is 12.9. The van der Waals surface area contributed by atoms with Crippen LogP contribution in [0, 0.1) is 0 Å². The molecule has 0 radical (unpaired) electrons. The molecule has 1 saturated heterocycles. The van der Waals surface area contributed by atoms with Gasteiger partial charge in [-0.1, -0.05) is 36.4 Å². The third-order valence-electron chi connectivity index (χ3n) is 5.01. The summed E-state index contributed by atoms with van der Waals surface area (Å²) in [6, 6.07) is 13.0. The van der Waals surface area contributed by atoms with E-state index < -0.39 is 10.0 Å². The Morgan fingerprint density at radius 3 is 2.33 bits per heavy atom. The fraction of sp³-hybridized carbons (Fsp3) is 0.421. The topological polar surface area (TPSA) is 69.7 Å². The van der Waals surface area contributed by atoms with E-state index in [1.165, 1.54) is 15.6 Å². The van der Waals surface area contributed by atoms with Crippen molar-refractivity contribution in [1.82, 2.24) is 14.5 Å². The van der Waals surface area contributed by atoms with E-state index in [0.717, 1.165) is 18.4 Å². The average molecular weight is 406 g/mol. The zero-order valence-electron chi connectivity index (χ0n) is 15.0. The van der Waals surface area contributed by atoms with Gasteiger partial charge in [-0.15, -0.1) is 11.3 Å². The molecular formula is C19H23N3O3S2.